The van der Waals surface area contributed by atoms with Crippen LogP contribution >= 0.6 is 0 Å². The number of benzene rings is 4. The third kappa shape index (κ3) is 5.38. The number of rotatable bonds is 3. The molecule has 7 heteroatoms. The van der Waals surface area contributed by atoms with Gasteiger partial charge in [0.05, 0.1) is 5.56 Å². The largest absolute Gasteiger partial charge is 0.458 e. The van der Waals surface area contributed by atoms with Crippen LogP contribution in [-0.4, -0.2) is 6.18 Å². The second kappa shape index (κ2) is 9.30. The van der Waals surface area contributed by atoms with Gasteiger partial charge in [0.1, 0.15) is 23.3 Å². The Hall–Kier alpha value is -4.05. The standard InChI is InChI=1S/C28H15F7/c1-16-2-4-17(5-3-16)18-6-8-21(24(29)12-18)19-7-9-22(25(30)13-19)20-14-26(31)23(27(32)15-20)10-11-28(33,34)35/h2-9,12-15H,1H3. The van der Waals surface area contributed by atoms with E-state index in [0.29, 0.717) is 17.7 Å². The molecule has 0 N–H and O–H groups in total. The lowest BCUT2D eigenvalue weighted by Crippen LogP contribution is -2.02. The van der Waals surface area contributed by atoms with Crippen LogP contribution < -0.4 is 0 Å². The summed E-state index contributed by atoms with van der Waals surface area (Å²) in [7, 11) is 0. The summed E-state index contributed by atoms with van der Waals surface area (Å²) < 4.78 is 94.9. The van der Waals surface area contributed by atoms with Gasteiger partial charge < -0.3 is 0 Å². The summed E-state index contributed by atoms with van der Waals surface area (Å²) in [6.45, 7) is 1.94. The molecule has 0 amide bonds. The molecule has 0 fully saturated rings. The summed E-state index contributed by atoms with van der Waals surface area (Å²) in [5, 5.41) is 0. The van der Waals surface area contributed by atoms with E-state index in [1.807, 2.05) is 31.2 Å². The van der Waals surface area contributed by atoms with E-state index in [4.69, 9.17) is 0 Å². The molecule has 0 radical (unpaired) electrons. The summed E-state index contributed by atoms with van der Waals surface area (Å²) >= 11 is 0. The number of alkyl halides is 3. The van der Waals surface area contributed by atoms with Gasteiger partial charge in [-0.05, 0) is 53.4 Å². The third-order valence-electron chi connectivity index (χ3n) is 5.32. The summed E-state index contributed by atoms with van der Waals surface area (Å²) in [4.78, 5) is 0. The number of hydrogen-bond acceptors (Lipinski definition) is 0. The summed E-state index contributed by atoms with van der Waals surface area (Å²) in [5.41, 5.74) is 1.33. The average molecular weight is 484 g/mol. The van der Waals surface area contributed by atoms with E-state index in [1.165, 1.54) is 30.2 Å². The lowest BCUT2D eigenvalue weighted by molar-refractivity contribution is -0.0696. The lowest BCUT2D eigenvalue weighted by Gasteiger charge is -2.10. The fourth-order valence-electron chi connectivity index (χ4n) is 3.57. The van der Waals surface area contributed by atoms with Gasteiger partial charge in [0.15, 0.2) is 0 Å². The monoisotopic (exact) mass is 484 g/mol. The molecule has 0 saturated carbocycles. The highest BCUT2D eigenvalue weighted by Gasteiger charge is 2.24. The van der Waals surface area contributed by atoms with Crippen LogP contribution in [-0.2, 0) is 0 Å². The van der Waals surface area contributed by atoms with E-state index in [9.17, 15) is 30.7 Å². The van der Waals surface area contributed by atoms with E-state index < -0.39 is 35.0 Å². The van der Waals surface area contributed by atoms with Crippen molar-refractivity contribution in [2.75, 3.05) is 0 Å². The molecule has 4 aromatic rings. The van der Waals surface area contributed by atoms with Gasteiger partial charge in [0.25, 0.3) is 0 Å². The van der Waals surface area contributed by atoms with E-state index in [2.05, 4.69) is 0 Å². The van der Waals surface area contributed by atoms with Gasteiger partial charge in [-0.1, -0.05) is 60.0 Å². The molecule has 176 valence electrons. The fraction of sp³-hybridized carbons (Fsp3) is 0.0714. The van der Waals surface area contributed by atoms with Crippen molar-refractivity contribution in [3.63, 3.8) is 0 Å². The minimum Gasteiger partial charge on any atom is -0.206 e. The summed E-state index contributed by atoms with van der Waals surface area (Å²) in [5.74, 6) is -1.99. The van der Waals surface area contributed by atoms with Crippen molar-refractivity contribution in [2.24, 2.45) is 0 Å². The molecule has 0 aromatic heterocycles. The highest BCUT2D eigenvalue weighted by Crippen LogP contribution is 2.33. The lowest BCUT2D eigenvalue weighted by atomic mass is 9.96. The fourth-order valence-corrected chi connectivity index (χ4v) is 3.57. The zero-order chi connectivity index (χ0) is 25.3. The van der Waals surface area contributed by atoms with Crippen molar-refractivity contribution in [1.29, 1.82) is 0 Å². The molecule has 0 heterocycles. The SMILES string of the molecule is Cc1ccc(-c2ccc(-c3ccc(-c4cc(F)c(C#CC(F)(F)F)c(F)c4)c(F)c3)c(F)c2)cc1. The highest BCUT2D eigenvalue weighted by atomic mass is 19.4. The van der Waals surface area contributed by atoms with E-state index >= 15 is 0 Å². The van der Waals surface area contributed by atoms with Gasteiger partial charge in [-0.15, -0.1) is 0 Å². The van der Waals surface area contributed by atoms with Gasteiger partial charge in [-0.2, -0.15) is 13.2 Å². The maximum atomic E-state index is 14.9. The Morgan fingerprint density at radius 2 is 1.00 bits per heavy atom. The van der Waals surface area contributed by atoms with Gasteiger partial charge in [0, 0.05) is 17.0 Å². The van der Waals surface area contributed by atoms with Crippen molar-refractivity contribution in [3.05, 3.63) is 107 Å². The van der Waals surface area contributed by atoms with E-state index in [1.54, 1.807) is 6.07 Å². The first-order valence-corrected chi connectivity index (χ1v) is 10.3. The second-order valence-electron chi connectivity index (χ2n) is 7.82. The predicted molar refractivity (Wildman–Crippen MR) is 120 cm³/mol. The molecular weight excluding hydrogens is 469 g/mol. The molecule has 0 nitrogen and oxygen atoms in total. The smallest absolute Gasteiger partial charge is 0.206 e. The normalized spacial score (nSPS) is 11.2. The molecule has 0 aliphatic heterocycles. The maximum absolute atomic E-state index is 14.9. The Labute approximate surface area is 196 Å². The van der Waals surface area contributed by atoms with Crippen LogP contribution in [0.4, 0.5) is 30.7 Å². The van der Waals surface area contributed by atoms with Crippen LogP contribution in [0.1, 0.15) is 11.1 Å². The van der Waals surface area contributed by atoms with Crippen molar-refractivity contribution in [3.8, 4) is 45.2 Å². The van der Waals surface area contributed by atoms with Gasteiger partial charge >= 0.3 is 6.18 Å². The second-order valence-corrected chi connectivity index (χ2v) is 7.82. The average Bonchev–Trinajstić information content (AvgIpc) is 2.78. The topological polar surface area (TPSA) is 0 Å². The summed E-state index contributed by atoms with van der Waals surface area (Å²) in [6.07, 6.45) is -4.92. The molecule has 0 unspecified atom stereocenters. The van der Waals surface area contributed by atoms with Crippen molar-refractivity contribution in [2.45, 2.75) is 13.1 Å². The van der Waals surface area contributed by atoms with Crippen molar-refractivity contribution >= 4 is 0 Å². The van der Waals surface area contributed by atoms with E-state index in [-0.39, 0.29) is 22.3 Å². The van der Waals surface area contributed by atoms with Gasteiger partial charge in [-0.25, -0.2) is 17.6 Å². The van der Waals surface area contributed by atoms with Crippen LogP contribution in [0.25, 0.3) is 33.4 Å². The zero-order valence-corrected chi connectivity index (χ0v) is 18.1. The zero-order valence-electron chi connectivity index (χ0n) is 18.1. The van der Waals surface area contributed by atoms with E-state index in [0.717, 1.165) is 23.1 Å². The van der Waals surface area contributed by atoms with Crippen molar-refractivity contribution < 1.29 is 30.7 Å². The minimum absolute atomic E-state index is 0.126. The highest BCUT2D eigenvalue weighted by molar-refractivity contribution is 5.74. The van der Waals surface area contributed by atoms with Crippen LogP contribution in [0.2, 0.25) is 0 Å². The van der Waals surface area contributed by atoms with Gasteiger partial charge in [0.2, 0.25) is 0 Å². The van der Waals surface area contributed by atoms with Crippen LogP contribution in [0.3, 0.4) is 0 Å². The number of halogens is 7. The molecule has 35 heavy (non-hydrogen) atoms. The first-order valence-electron chi connectivity index (χ1n) is 10.3. The first-order chi connectivity index (χ1) is 16.5. The molecule has 4 rings (SSSR count). The molecule has 0 saturated heterocycles. The molecule has 0 aliphatic carbocycles. The Balaban J connectivity index is 1.66. The molecular formula is C28H15F7. The van der Waals surface area contributed by atoms with Gasteiger partial charge in [-0.3, -0.25) is 0 Å². The number of hydrogen-bond donors (Lipinski definition) is 0. The predicted octanol–water partition coefficient (Wildman–Crippen LogP) is 8.47. The molecule has 0 atom stereocenters. The molecule has 0 aliphatic rings. The maximum Gasteiger partial charge on any atom is 0.458 e. The Kier molecular flexibility index (Phi) is 6.40. The van der Waals surface area contributed by atoms with Crippen LogP contribution in [0, 0.1) is 42.0 Å². The Bertz CT molecular complexity index is 1450. The van der Waals surface area contributed by atoms with Crippen LogP contribution in [0.15, 0.2) is 72.8 Å². The summed E-state index contributed by atoms with van der Waals surface area (Å²) in [6, 6.07) is 17.1. The molecule has 0 bridgehead atoms. The quantitative estimate of drug-likeness (QED) is 0.202. The Morgan fingerprint density at radius 3 is 1.54 bits per heavy atom. The first kappa shape index (κ1) is 24.1. The molecule has 0 spiro atoms. The Morgan fingerprint density at radius 1 is 0.543 bits per heavy atom. The van der Waals surface area contributed by atoms with Crippen molar-refractivity contribution in [1.82, 2.24) is 0 Å². The molecule has 4 aromatic carbocycles. The minimum atomic E-state index is -4.92. The number of aryl methyl sites for hydroxylation is 1. The van der Waals surface area contributed by atoms with Crippen LogP contribution in [0.5, 0.6) is 0 Å². The third-order valence-corrected chi connectivity index (χ3v) is 5.32.